The summed E-state index contributed by atoms with van der Waals surface area (Å²) in [6.07, 6.45) is -3.51. The molecule has 0 saturated carbocycles. The van der Waals surface area contributed by atoms with E-state index in [1.54, 1.807) is 0 Å². The predicted octanol–water partition coefficient (Wildman–Crippen LogP) is 3.65. The van der Waals surface area contributed by atoms with E-state index in [9.17, 15) is 18.0 Å². The first-order valence-electron chi connectivity index (χ1n) is 5.01. The Bertz CT molecular complexity index is 443. The zero-order valence-electron chi connectivity index (χ0n) is 8.71. The summed E-state index contributed by atoms with van der Waals surface area (Å²) in [5.41, 5.74) is 0.488. The number of halogens is 3. The number of carbonyl (C=O) groups is 1. The molecule has 0 unspecified atom stereocenters. The highest BCUT2D eigenvalue weighted by molar-refractivity contribution is 7.99. The van der Waals surface area contributed by atoms with Crippen LogP contribution in [0.4, 0.5) is 13.2 Å². The zero-order chi connectivity index (χ0) is 12.5. The Labute approximate surface area is 100 Å². The number of alkyl halides is 3. The number of carbonyl (C=O) groups excluding carboxylic acids is 1. The summed E-state index contributed by atoms with van der Waals surface area (Å²) in [6, 6.07) is 3.85. The lowest BCUT2D eigenvalue weighted by molar-refractivity contribution is -0.274. The van der Waals surface area contributed by atoms with Gasteiger partial charge in [0, 0.05) is 16.9 Å². The topological polar surface area (TPSA) is 26.3 Å². The minimum Gasteiger partial charge on any atom is -0.406 e. The molecule has 1 aliphatic rings. The van der Waals surface area contributed by atoms with Gasteiger partial charge in [-0.3, -0.25) is 4.79 Å². The molecule has 17 heavy (non-hydrogen) atoms. The van der Waals surface area contributed by atoms with Gasteiger partial charge in [-0.2, -0.15) is 0 Å². The Kier molecular flexibility index (Phi) is 3.33. The summed E-state index contributed by atoms with van der Waals surface area (Å²) in [7, 11) is 0. The van der Waals surface area contributed by atoms with Crippen molar-refractivity contribution in [1.82, 2.24) is 0 Å². The van der Waals surface area contributed by atoms with Gasteiger partial charge in [0.1, 0.15) is 5.75 Å². The number of hydrogen-bond acceptors (Lipinski definition) is 3. The van der Waals surface area contributed by atoms with Crippen LogP contribution < -0.4 is 4.74 Å². The van der Waals surface area contributed by atoms with E-state index in [-0.39, 0.29) is 11.5 Å². The first-order valence-corrected chi connectivity index (χ1v) is 6.00. The molecule has 2 rings (SSSR count). The van der Waals surface area contributed by atoms with Crippen molar-refractivity contribution in [3.8, 4) is 5.75 Å². The molecule has 1 aromatic rings. The van der Waals surface area contributed by atoms with E-state index in [1.807, 2.05) is 0 Å². The van der Waals surface area contributed by atoms with Crippen LogP contribution >= 0.6 is 11.8 Å². The number of rotatable bonds is 1. The first kappa shape index (κ1) is 12.3. The van der Waals surface area contributed by atoms with Gasteiger partial charge in [-0.05, 0) is 30.4 Å². The molecule has 1 aromatic carbocycles. The molecule has 0 radical (unpaired) electrons. The van der Waals surface area contributed by atoms with Crippen LogP contribution in [0.2, 0.25) is 0 Å². The fraction of sp³-hybridized carbons (Fsp3) is 0.364. The lowest BCUT2D eigenvalue weighted by Crippen LogP contribution is -2.17. The van der Waals surface area contributed by atoms with Gasteiger partial charge in [0.2, 0.25) is 0 Å². The van der Waals surface area contributed by atoms with Crippen molar-refractivity contribution >= 4 is 17.5 Å². The predicted molar refractivity (Wildman–Crippen MR) is 57.4 cm³/mol. The van der Waals surface area contributed by atoms with Crippen molar-refractivity contribution in [2.24, 2.45) is 0 Å². The van der Waals surface area contributed by atoms with Gasteiger partial charge >= 0.3 is 6.36 Å². The van der Waals surface area contributed by atoms with Crippen molar-refractivity contribution in [1.29, 1.82) is 0 Å². The lowest BCUT2D eigenvalue weighted by atomic mass is 10.1. The highest BCUT2D eigenvalue weighted by Gasteiger charge is 2.31. The maximum atomic E-state index is 12.0. The number of benzene rings is 1. The highest BCUT2D eigenvalue weighted by Crippen LogP contribution is 2.33. The lowest BCUT2D eigenvalue weighted by Gasteiger charge is -2.11. The molecule has 1 heterocycles. The van der Waals surface area contributed by atoms with Crippen LogP contribution in [0.3, 0.4) is 0 Å². The molecular formula is C11H9F3O2S. The van der Waals surface area contributed by atoms with Gasteiger partial charge < -0.3 is 4.74 Å². The molecule has 0 bridgehead atoms. The summed E-state index contributed by atoms with van der Waals surface area (Å²) >= 11 is 1.39. The number of fused-ring (bicyclic) bond motifs is 1. The molecule has 2 nitrogen and oxygen atoms in total. The number of hydrogen-bond donors (Lipinski definition) is 0. The summed E-state index contributed by atoms with van der Waals surface area (Å²) in [4.78, 5) is 12.2. The standard InChI is InChI=1S/C11H9F3O2S/c12-11(13,14)16-7-3-4-8-9(15)2-1-5-17-10(8)6-7/h3-4,6H,1-2,5H2. The number of ketones is 1. The Balaban J connectivity index is 2.30. The number of Topliss-reactive ketones (excluding diaryl/α,β-unsaturated/α-hetero) is 1. The van der Waals surface area contributed by atoms with E-state index in [2.05, 4.69) is 4.74 Å². The molecular weight excluding hydrogens is 253 g/mol. The van der Waals surface area contributed by atoms with E-state index in [0.29, 0.717) is 16.9 Å². The van der Waals surface area contributed by atoms with E-state index < -0.39 is 6.36 Å². The maximum Gasteiger partial charge on any atom is 0.573 e. The van der Waals surface area contributed by atoms with Crippen molar-refractivity contribution < 1.29 is 22.7 Å². The third-order valence-corrected chi connectivity index (χ3v) is 3.43. The number of ether oxygens (including phenoxy) is 1. The molecule has 0 N–H and O–H groups in total. The van der Waals surface area contributed by atoms with Crippen LogP contribution in [0.5, 0.6) is 5.75 Å². The van der Waals surface area contributed by atoms with Gasteiger partial charge in [0.15, 0.2) is 5.78 Å². The molecule has 0 saturated heterocycles. The molecule has 0 spiro atoms. The van der Waals surface area contributed by atoms with Gasteiger partial charge in [-0.25, -0.2) is 0 Å². The molecule has 0 aromatic heterocycles. The molecule has 0 fully saturated rings. The maximum absolute atomic E-state index is 12.0. The van der Waals surface area contributed by atoms with Crippen molar-refractivity contribution in [2.75, 3.05) is 5.75 Å². The normalized spacial score (nSPS) is 16.3. The van der Waals surface area contributed by atoms with Crippen LogP contribution in [-0.4, -0.2) is 17.9 Å². The average Bonchev–Trinajstić information content (AvgIpc) is 2.38. The van der Waals surface area contributed by atoms with Crippen molar-refractivity contribution in [3.63, 3.8) is 0 Å². The van der Waals surface area contributed by atoms with Crippen LogP contribution in [0.15, 0.2) is 23.1 Å². The zero-order valence-corrected chi connectivity index (χ0v) is 9.53. The van der Waals surface area contributed by atoms with Gasteiger partial charge in [-0.1, -0.05) is 0 Å². The minimum atomic E-state index is -4.70. The van der Waals surface area contributed by atoms with Crippen LogP contribution in [0.25, 0.3) is 0 Å². The Morgan fingerprint density at radius 2 is 2.06 bits per heavy atom. The monoisotopic (exact) mass is 262 g/mol. The molecule has 0 atom stereocenters. The Morgan fingerprint density at radius 1 is 1.29 bits per heavy atom. The van der Waals surface area contributed by atoms with E-state index in [0.717, 1.165) is 12.2 Å². The summed E-state index contributed by atoms with van der Waals surface area (Å²) in [5.74, 6) is 0.427. The van der Waals surface area contributed by atoms with Crippen LogP contribution in [0.1, 0.15) is 23.2 Å². The van der Waals surface area contributed by atoms with Crippen LogP contribution in [-0.2, 0) is 0 Å². The Morgan fingerprint density at radius 3 is 2.76 bits per heavy atom. The summed E-state index contributed by atoms with van der Waals surface area (Å²) in [5, 5.41) is 0. The molecule has 6 heteroatoms. The second-order valence-electron chi connectivity index (χ2n) is 3.58. The average molecular weight is 262 g/mol. The first-order chi connectivity index (χ1) is 7.96. The third kappa shape index (κ3) is 3.15. The minimum absolute atomic E-state index is 0.0245. The third-order valence-electron chi connectivity index (χ3n) is 2.29. The second-order valence-corrected chi connectivity index (χ2v) is 4.72. The van der Waals surface area contributed by atoms with Crippen molar-refractivity contribution in [2.45, 2.75) is 24.1 Å². The number of thioether (sulfide) groups is 1. The van der Waals surface area contributed by atoms with E-state index in [1.165, 1.54) is 30.0 Å². The van der Waals surface area contributed by atoms with Gasteiger partial charge in [-0.15, -0.1) is 24.9 Å². The smallest absolute Gasteiger partial charge is 0.406 e. The summed E-state index contributed by atoms with van der Waals surface area (Å²) in [6.45, 7) is 0. The quantitative estimate of drug-likeness (QED) is 0.772. The largest absolute Gasteiger partial charge is 0.573 e. The van der Waals surface area contributed by atoms with E-state index >= 15 is 0 Å². The van der Waals surface area contributed by atoms with E-state index in [4.69, 9.17) is 0 Å². The second kappa shape index (κ2) is 4.60. The van der Waals surface area contributed by atoms with Crippen molar-refractivity contribution in [3.05, 3.63) is 23.8 Å². The molecule has 0 amide bonds. The summed E-state index contributed by atoms with van der Waals surface area (Å²) < 4.78 is 39.9. The fourth-order valence-electron chi connectivity index (χ4n) is 1.60. The molecule has 0 aliphatic carbocycles. The molecule has 1 aliphatic heterocycles. The van der Waals surface area contributed by atoms with Gasteiger partial charge in [0.25, 0.3) is 0 Å². The SMILES string of the molecule is O=C1CCCSc2cc(OC(F)(F)F)ccc21. The van der Waals surface area contributed by atoms with Gasteiger partial charge in [0.05, 0.1) is 0 Å². The highest BCUT2D eigenvalue weighted by atomic mass is 32.2. The van der Waals surface area contributed by atoms with Crippen LogP contribution in [0, 0.1) is 0 Å². The Hall–Kier alpha value is -1.17. The molecule has 92 valence electrons. The fourth-order valence-corrected chi connectivity index (χ4v) is 2.64.